The van der Waals surface area contributed by atoms with Crippen LogP contribution >= 0.6 is 0 Å². The van der Waals surface area contributed by atoms with Gasteiger partial charge in [-0.25, -0.2) is 4.79 Å². The van der Waals surface area contributed by atoms with Gasteiger partial charge in [0.25, 0.3) is 0 Å². The normalized spacial score (nSPS) is 21.5. The third-order valence-corrected chi connectivity index (χ3v) is 4.64. The Labute approximate surface area is 142 Å². The zero-order valence-corrected chi connectivity index (χ0v) is 13.9. The summed E-state index contributed by atoms with van der Waals surface area (Å²) < 4.78 is 5.40. The second kappa shape index (κ2) is 8.15. The van der Waals surface area contributed by atoms with Crippen LogP contribution in [0.25, 0.3) is 0 Å². The summed E-state index contributed by atoms with van der Waals surface area (Å²) in [6.07, 6.45) is 3.07. The fraction of sp³-hybridized carbons (Fsp3) is 0.556. The summed E-state index contributed by atoms with van der Waals surface area (Å²) in [4.78, 5) is 26.1. The molecular formula is C18H25N3O3. The minimum absolute atomic E-state index is 0.000482. The Bertz CT molecular complexity index is 550. The summed E-state index contributed by atoms with van der Waals surface area (Å²) >= 11 is 0. The second-order valence-corrected chi connectivity index (χ2v) is 6.42. The van der Waals surface area contributed by atoms with E-state index in [4.69, 9.17) is 4.74 Å². The van der Waals surface area contributed by atoms with Crippen LogP contribution in [0.4, 0.5) is 4.79 Å². The summed E-state index contributed by atoms with van der Waals surface area (Å²) in [5.74, 6) is -0.000482. The highest BCUT2D eigenvalue weighted by molar-refractivity contribution is 5.81. The van der Waals surface area contributed by atoms with Crippen LogP contribution in [-0.2, 0) is 16.1 Å². The Morgan fingerprint density at radius 3 is 2.54 bits per heavy atom. The highest BCUT2D eigenvalue weighted by atomic mass is 16.5. The van der Waals surface area contributed by atoms with Crippen molar-refractivity contribution >= 4 is 11.9 Å². The topological polar surface area (TPSA) is 70.7 Å². The Morgan fingerprint density at radius 1 is 1.12 bits per heavy atom. The van der Waals surface area contributed by atoms with Crippen molar-refractivity contribution in [2.45, 2.75) is 44.4 Å². The second-order valence-electron chi connectivity index (χ2n) is 6.42. The van der Waals surface area contributed by atoms with Gasteiger partial charge < -0.3 is 20.3 Å². The van der Waals surface area contributed by atoms with E-state index in [1.54, 1.807) is 0 Å². The van der Waals surface area contributed by atoms with E-state index in [2.05, 4.69) is 10.6 Å². The first-order chi connectivity index (χ1) is 11.7. The van der Waals surface area contributed by atoms with E-state index < -0.39 is 0 Å². The highest BCUT2D eigenvalue weighted by Crippen LogP contribution is 2.15. The molecule has 1 atom stereocenters. The number of urea groups is 1. The molecule has 0 saturated carbocycles. The Balaban J connectivity index is 1.38. The van der Waals surface area contributed by atoms with Gasteiger partial charge in [0.05, 0.1) is 0 Å². The lowest BCUT2D eigenvalue weighted by Gasteiger charge is -2.32. The Kier molecular flexibility index (Phi) is 5.69. The van der Waals surface area contributed by atoms with Gasteiger partial charge >= 0.3 is 6.03 Å². The number of nitrogens with one attached hydrogen (secondary N) is 2. The molecule has 2 fully saturated rings. The van der Waals surface area contributed by atoms with E-state index >= 15 is 0 Å². The van der Waals surface area contributed by atoms with Gasteiger partial charge in [0, 0.05) is 32.3 Å². The maximum absolute atomic E-state index is 12.2. The van der Waals surface area contributed by atoms with E-state index in [9.17, 15) is 9.59 Å². The number of carbonyl (C=O) groups excluding carboxylic acids is 2. The maximum Gasteiger partial charge on any atom is 0.317 e. The van der Waals surface area contributed by atoms with Crippen molar-refractivity contribution in [3.05, 3.63) is 35.9 Å². The van der Waals surface area contributed by atoms with Crippen LogP contribution in [0.2, 0.25) is 0 Å². The van der Waals surface area contributed by atoms with E-state index in [-0.39, 0.29) is 24.1 Å². The molecule has 3 amide bonds. The third-order valence-electron chi connectivity index (χ3n) is 4.64. The summed E-state index contributed by atoms with van der Waals surface area (Å²) in [5.41, 5.74) is 1.09. The van der Waals surface area contributed by atoms with Gasteiger partial charge in [0.1, 0.15) is 6.10 Å². The Morgan fingerprint density at radius 2 is 1.88 bits per heavy atom. The van der Waals surface area contributed by atoms with Gasteiger partial charge in [-0.15, -0.1) is 0 Å². The monoisotopic (exact) mass is 331 g/mol. The lowest BCUT2D eigenvalue weighted by atomic mass is 10.0. The van der Waals surface area contributed by atoms with E-state index in [0.29, 0.717) is 26.2 Å². The zero-order chi connectivity index (χ0) is 16.8. The largest absolute Gasteiger partial charge is 0.368 e. The van der Waals surface area contributed by atoms with E-state index in [0.717, 1.165) is 31.2 Å². The van der Waals surface area contributed by atoms with Crippen molar-refractivity contribution in [1.29, 1.82) is 0 Å². The molecule has 6 heteroatoms. The van der Waals surface area contributed by atoms with Crippen LogP contribution in [0.1, 0.15) is 31.2 Å². The quantitative estimate of drug-likeness (QED) is 0.881. The smallest absolute Gasteiger partial charge is 0.317 e. The predicted molar refractivity (Wildman–Crippen MR) is 90.4 cm³/mol. The van der Waals surface area contributed by atoms with Crippen molar-refractivity contribution in [1.82, 2.24) is 15.5 Å². The molecule has 24 heavy (non-hydrogen) atoms. The molecule has 2 N–H and O–H groups in total. The molecular weight excluding hydrogens is 306 g/mol. The number of amides is 3. The van der Waals surface area contributed by atoms with E-state index in [1.807, 2.05) is 35.2 Å². The molecule has 0 bridgehead atoms. The molecule has 1 aromatic rings. The number of likely N-dealkylation sites (tertiary alicyclic amines) is 1. The SMILES string of the molecule is O=C(NC1CCN(C(=O)NCc2ccccc2)CC1)C1CCCO1. The molecule has 6 nitrogen and oxygen atoms in total. The Hall–Kier alpha value is -2.08. The number of carbonyl (C=O) groups is 2. The van der Waals surface area contributed by atoms with Crippen LogP contribution in [0.3, 0.4) is 0 Å². The van der Waals surface area contributed by atoms with Crippen LogP contribution in [0.15, 0.2) is 30.3 Å². The molecule has 2 heterocycles. The van der Waals surface area contributed by atoms with Crippen LogP contribution in [0, 0.1) is 0 Å². The third kappa shape index (κ3) is 4.47. The fourth-order valence-corrected chi connectivity index (χ4v) is 3.19. The maximum atomic E-state index is 12.2. The van der Waals surface area contributed by atoms with Crippen LogP contribution in [0.5, 0.6) is 0 Å². The first-order valence-electron chi connectivity index (χ1n) is 8.71. The summed E-state index contributed by atoms with van der Waals surface area (Å²) in [6, 6.07) is 9.97. The van der Waals surface area contributed by atoms with Gasteiger partial charge in [-0.05, 0) is 31.2 Å². The average molecular weight is 331 g/mol. The molecule has 2 aliphatic rings. The van der Waals surface area contributed by atoms with Crippen molar-refractivity contribution in [3.8, 4) is 0 Å². The van der Waals surface area contributed by atoms with Crippen molar-refractivity contribution < 1.29 is 14.3 Å². The van der Waals surface area contributed by atoms with Gasteiger partial charge in [0.2, 0.25) is 5.91 Å². The highest BCUT2D eigenvalue weighted by Gasteiger charge is 2.28. The average Bonchev–Trinajstić information content (AvgIpc) is 3.16. The molecule has 0 spiro atoms. The number of rotatable bonds is 4. The summed E-state index contributed by atoms with van der Waals surface area (Å²) in [7, 11) is 0. The molecule has 0 aliphatic carbocycles. The van der Waals surface area contributed by atoms with Crippen molar-refractivity contribution in [2.24, 2.45) is 0 Å². The zero-order valence-electron chi connectivity index (χ0n) is 13.9. The van der Waals surface area contributed by atoms with Gasteiger partial charge in [-0.1, -0.05) is 30.3 Å². The number of benzene rings is 1. The minimum atomic E-state index is -0.280. The molecule has 1 aromatic carbocycles. The molecule has 2 aliphatic heterocycles. The first kappa shape index (κ1) is 16.8. The number of hydrogen-bond acceptors (Lipinski definition) is 3. The van der Waals surface area contributed by atoms with Crippen LogP contribution < -0.4 is 10.6 Å². The van der Waals surface area contributed by atoms with Crippen LogP contribution in [-0.4, -0.2) is 48.7 Å². The lowest BCUT2D eigenvalue weighted by molar-refractivity contribution is -0.131. The standard InChI is InChI=1S/C18H25N3O3/c22-17(16-7-4-12-24-16)20-15-8-10-21(11-9-15)18(23)19-13-14-5-2-1-3-6-14/h1-3,5-6,15-16H,4,7-13H2,(H,19,23)(H,20,22). The lowest BCUT2D eigenvalue weighted by Crippen LogP contribution is -2.50. The van der Waals surface area contributed by atoms with Gasteiger partial charge in [0.15, 0.2) is 0 Å². The molecule has 3 rings (SSSR count). The van der Waals surface area contributed by atoms with E-state index in [1.165, 1.54) is 0 Å². The number of nitrogens with zero attached hydrogens (tertiary/aromatic N) is 1. The first-order valence-corrected chi connectivity index (χ1v) is 8.71. The summed E-state index contributed by atoms with van der Waals surface area (Å²) in [5, 5.41) is 6.00. The number of hydrogen-bond donors (Lipinski definition) is 2. The molecule has 1 unspecified atom stereocenters. The van der Waals surface area contributed by atoms with Gasteiger partial charge in [-0.3, -0.25) is 4.79 Å². The minimum Gasteiger partial charge on any atom is -0.368 e. The predicted octanol–water partition coefficient (Wildman–Crippen LogP) is 1.66. The fourth-order valence-electron chi connectivity index (χ4n) is 3.19. The van der Waals surface area contributed by atoms with Crippen molar-refractivity contribution in [2.75, 3.05) is 19.7 Å². The number of ether oxygens (including phenoxy) is 1. The van der Waals surface area contributed by atoms with Crippen molar-refractivity contribution in [3.63, 3.8) is 0 Å². The molecule has 2 saturated heterocycles. The molecule has 0 radical (unpaired) electrons. The summed E-state index contributed by atoms with van der Waals surface area (Å²) in [6.45, 7) is 2.54. The van der Waals surface area contributed by atoms with Gasteiger partial charge in [-0.2, -0.15) is 0 Å². The number of piperidine rings is 1. The molecule has 130 valence electrons. The molecule has 0 aromatic heterocycles.